The lowest BCUT2D eigenvalue weighted by Crippen LogP contribution is -2.68. The summed E-state index contributed by atoms with van der Waals surface area (Å²) in [6.07, 6.45) is 0. The smallest absolute Gasteiger partial charge is 0.176 e. The van der Waals surface area contributed by atoms with Crippen LogP contribution in [0.5, 0.6) is 0 Å². The Bertz CT molecular complexity index is 238. The van der Waals surface area contributed by atoms with Gasteiger partial charge in [0.2, 0.25) is 0 Å². The predicted octanol–water partition coefficient (Wildman–Crippen LogP) is -3.64. The summed E-state index contributed by atoms with van der Waals surface area (Å²) in [4.78, 5) is 3.17. The SMILES string of the molecule is Cc1cccc(C)[nH+]1.[O-][Cl+3]([O-])([O-])[O-]. The van der Waals surface area contributed by atoms with Gasteiger partial charge in [-0.05, 0) is 6.07 Å². The molecule has 0 amide bonds. The van der Waals surface area contributed by atoms with E-state index in [9.17, 15) is 0 Å². The largest absolute Gasteiger partial charge is 0.222 e. The van der Waals surface area contributed by atoms with Gasteiger partial charge in [0.15, 0.2) is 11.4 Å². The third-order valence-electron chi connectivity index (χ3n) is 1.09. The van der Waals surface area contributed by atoms with Gasteiger partial charge in [0.25, 0.3) is 0 Å². The van der Waals surface area contributed by atoms with Crippen LogP contribution < -0.4 is 23.6 Å². The molecule has 1 aromatic rings. The fraction of sp³-hybridized carbons (Fsp3) is 0.286. The van der Waals surface area contributed by atoms with Crippen molar-refractivity contribution in [3.05, 3.63) is 29.6 Å². The van der Waals surface area contributed by atoms with E-state index in [2.05, 4.69) is 4.98 Å². The van der Waals surface area contributed by atoms with E-state index in [1.165, 1.54) is 11.4 Å². The highest BCUT2D eigenvalue weighted by atomic mass is 35.7. The third-order valence-corrected chi connectivity index (χ3v) is 1.09. The first-order valence-corrected chi connectivity index (χ1v) is 4.60. The van der Waals surface area contributed by atoms with E-state index in [4.69, 9.17) is 18.6 Å². The van der Waals surface area contributed by atoms with Crippen LogP contribution in [0.3, 0.4) is 0 Å². The number of hydrogen-bond acceptors (Lipinski definition) is 4. The Hall–Kier alpha value is -0.720. The topological polar surface area (TPSA) is 106 Å². The Kier molecular flexibility index (Phi) is 4.82. The van der Waals surface area contributed by atoms with Gasteiger partial charge in [0, 0.05) is 26.0 Å². The molecule has 0 unspecified atom stereocenters. The van der Waals surface area contributed by atoms with Gasteiger partial charge in [0.1, 0.15) is 0 Å². The van der Waals surface area contributed by atoms with Crippen LogP contribution in [0.25, 0.3) is 0 Å². The highest BCUT2D eigenvalue weighted by molar-refractivity contribution is 4.99. The van der Waals surface area contributed by atoms with Crippen molar-refractivity contribution >= 4 is 0 Å². The molecule has 1 aromatic heterocycles. The number of aromatic amines is 1. The Balaban J connectivity index is 0.000000252. The number of hydrogen-bond donors (Lipinski definition) is 0. The van der Waals surface area contributed by atoms with Gasteiger partial charge in [-0.25, -0.2) is 23.6 Å². The number of H-pyrrole nitrogens is 1. The summed E-state index contributed by atoms with van der Waals surface area (Å²) >= 11 is 0. The van der Waals surface area contributed by atoms with Crippen molar-refractivity contribution in [3.8, 4) is 0 Å². The van der Waals surface area contributed by atoms with Crippen LogP contribution in [0.15, 0.2) is 18.2 Å². The first-order valence-electron chi connectivity index (χ1n) is 3.36. The maximum Gasteiger partial charge on any atom is 0.176 e. The lowest BCUT2D eigenvalue weighted by Gasteiger charge is -2.17. The first-order chi connectivity index (χ1) is 5.79. The van der Waals surface area contributed by atoms with Crippen LogP contribution in [-0.4, -0.2) is 0 Å². The Morgan fingerprint density at radius 1 is 1.00 bits per heavy atom. The van der Waals surface area contributed by atoms with Crippen LogP contribution in [0, 0.1) is 24.1 Å². The van der Waals surface area contributed by atoms with E-state index in [-0.39, 0.29) is 0 Å². The fourth-order valence-corrected chi connectivity index (χ4v) is 0.731. The van der Waals surface area contributed by atoms with Crippen molar-refractivity contribution in [2.75, 3.05) is 0 Å². The zero-order valence-electron chi connectivity index (χ0n) is 7.24. The number of rotatable bonds is 0. The summed E-state index contributed by atoms with van der Waals surface area (Å²) in [6, 6.07) is 6.14. The Morgan fingerprint density at radius 2 is 1.31 bits per heavy atom. The highest BCUT2D eigenvalue weighted by Crippen LogP contribution is 1.87. The minimum atomic E-state index is -4.94. The molecule has 1 rings (SSSR count). The summed E-state index contributed by atoms with van der Waals surface area (Å²) < 4.78 is 34.0. The van der Waals surface area contributed by atoms with Gasteiger partial charge in [-0.1, -0.05) is 0 Å². The van der Waals surface area contributed by atoms with Crippen molar-refractivity contribution in [3.63, 3.8) is 0 Å². The van der Waals surface area contributed by atoms with Gasteiger partial charge in [-0.15, -0.1) is 10.2 Å². The molecule has 0 spiro atoms. The Morgan fingerprint density at radius 3 is 1.46 bits per heavy atom. The number of halogens is 1. The summed E-state index contributed by atoms with van der Waals surface area (Å²) in [6.45, 7) is 4.10. The van der Waals surface area contributed by atoms with Gasteiger partial charge in [-0.3, -0.25) is 0 Å². The highest BCUT2D eigenvalue weighted by Gasteiger charge is 1.90. The van der Waals surface area contributed by atoms with Crippen LogP contribution in [0.1, 0.15) is 11.4 Å². The average molecular weight is 208 g/mol. The molecule has 0 atom stereocenters. The first kappa shape index (κ1) is 12.3. The molecule has 0 bridgehead atoms. The normalized spacial score (nSPS) is 10.3. The maximum atomic E-state index is 8.49. The molecule has 5 nitrogen and oxygen atoms in total. The zero-order chi connectivity index (χ0) is 10.5. The molecule has 0 aliphatic rings. The number of pyridine rings is 1. The average Bonchev–Trinajstić information content (AvgIpc) is 1.81. The Labute approximate surface area is 78.0 Å². The zero-order valence-corrected chi connectivity index (χ0v) is 8.00. The summed E-state index contributed by atoms with van der Waals surface area (Å²) in [5.41, 5.74) is 2.43. The molecule has 1 N–H and O–H groups in total. The molecule has 0 saturated heterocycles. The molecular weight excluding hydrogens is 198 g/mol. The molecule has 0 saturated carbocycles. The quantitative estimate of drug-likeness (QED) is 0.437. The maximum absolute atomic E-state index is 8.49. The molecule has 0 radical (unpaired) electrons. The lowest BCUT2D eigenvalue weighted by atomic mass is 10.3. The van der Waals surface area contributed by atoms with Crippen LogP contribution in [0.4, 0.5) is 0 Å². The summed E-state index contributed by atoms with van der Waals surface area (Å²) in [5.74, 6) is 0. The predicted molar refractivity (Wildman–Crippen MR) is 32.5 cm³/mol. The lowest BCUT2D eigenvalue weighted by molar-refractivity contribution is -2.00. The molecule has 0 aliphatic heterocycles. The number of aryl methyl sites for hydroxylation is 2. The van der Waals surface area contributed by atoms with Crippen molar-refractivity contribution in [1.82, 2.24) is 0 Å². The second kappa shape index (κ2) is 5.11. The van der Waals surface area contributed by atoms with E-state index in [0.29, 0.717) is 0 Å². The molecule has 74 valence electrons. The van der Waals surface area contributed by atoms with Crippen LogP contribution >= 0.6 is 0 Å². The van der Waals surface area contributed by atoms with Gasteiger partial charge in [0.05, 0.1) is 0 Å². The standard InChI is InChI=1S/C7H9N.ClHO4/c1-6-4-3-5-7(2)8-6;2-1(3,4)5/h3-5H,1-2H3;(H,2,3,4,5). The van der Waals surface area contributed by atoms with E-state index < -0.39 is 10.2 Å². The molecule has 0 aromatic carbocycles. The molecule has 0 aliphatic carbocycles. The van der Waals surface area contributed by atoms with Crippen LogP contribution in [-0.2, 0) is 0 Å². The van der Waals surface area contributed by atoms with Gasteiger partial charge >= 0.3 is 0 Å². The second-order valence-corrected chi connectivity index (χ2v) is 3.15. The van der Waals surface area contributed by atoms with Crippen molar-refractivity contribution in [1.29, 1.82) is 0 Å². The van der Waals surface area contributed by atoms with Crippen molar-refractivity contribution in [2.45, 2.75) is 13.8 Å². The molecule has 6 heteroatoms. The summed E-state index contributed by atoms with van der Waals surface area (Å²) in [7, 11) is -4.94. The molecule has 0 fully saturated rings. The monoisotopic (exact) mass is 207 g/mol. The fourth-order valence-electron chi connectivity index (χ4n) is 0.731. The molecule has 13 heavy (non-hydrogen) atoms. The minimum Gasteiger partial charge on any atom is -0.222 e. The minimum absolute atomic E-state index is 1.21. The summed E-state index contributed by atoms with van der Waals surface area (Å²) in [5, 5.41) is 0. The van der Waals surface area contributed by atoms with E-state index in [0.717, 1.165) is 0 Å². The van der Waals surface area contributed by atoms with Crippen LogP contribution in [0.2, 0.25) is 0 Å². The van der Waals surface area contributed by atoms with Gasteiger partial charge in [-0.2, -0.15) is 0 Å². The molecule has 1 heterocycles. The number of nitrogens with one attached hydrogen (secondary N) is 1. The van der Waals surface area contributed by atoms with E-state index in [1.807, 2.05) is 32.0 Å². The second-order valence-electron chi connectivity index (χ2n) is 2.39. The number of aromatic nitrogens is 1. The third kappa shape index (κ3) is 11.3. The van der Waals surface area contributed by atoms with Gasteiger partial charge < -0.3 is 0 Å². The van der Waals surface area contributed by atoms with Crippen molar-refractivity contribution in [2.24, 2.45) is 0 Å². The van der Waals surface area contributed by atoms with E-state index in [1.54, 1.807) is 0 Å². The van der Waals surface area contributed by atoms with E-state index >= 15 is 0 Å². The molecular formula is C7H10ClNO4. The van der Waals surface area contributed by atoms with Crippen molar-refractivity contribution < 1.29 is 33.9 Å².